The van der Waals surface area contributed by atoms with Gasteiger partial charge in [-0.1, -0.05) is 13.2 Å². The molecule has 0 rings (SSSR count). The Morgan fingerprint density at radius 3 is 1.31 bits per heavy atom. The van der Waals surface area contributed by atoms with Crippen LogP contribution in [0.1, 0.15) is 0 Å². The topological polar surface area (TPSA) is 104 Å². The molecule has 0 saturated heterocycles. The van der Waals surface area contributed by atoms with Gasteiger partial charge in [-0.2, -0.15) is 0 Å². The fourth-order valence-corrected chi connectivity index (χ4v) is 0.439. The average molecular weight is 226 g/mol. The highest BCUT2D eigenvalue weighted by Gasteiger charge is 2.22. The molecule has 0 aliphatic heterocycles. The van der Waals surface area contributed by atoms with E-state index in [1.807, 2.05) is 0 Å². The first-order chi connectivity index (χ1) is 7.42. The van der Waals surface area contributed by atoms with Crippen LogP contribution in [0, 0.1) is 0 Å². The van der Waals surface area contributed by atoms with E-state index >= 15 is 0 Å². The quantitative estimate of drug-likeness (QED) is 0.280. The molecule has 16 heavy (non-hydrogen) atoms. The van der Waals surface area contributed by atoms with Gasteiger partial charge in [0, 0.05) is 0 Å². The molecule has 0 saturated carbocycles. The van der Waals surface area contributed by atoms with E-state index in [2.05, 4.69) is 22.6 Å². The predicted octanol–water partition coefficient (Wildman–Crippen LogP) is -0.297. The molecule has 7 nitrogen and oxygen atoms in total. The smallest absolute Gasteiger partial charge is 0.354 e. The molecule has 0 aliphatic carbocycles. The van der Waals surface area contributed by atoms with E-state index in [9.17, 15) is 24.0 Å². The number of carbonyl (C=O) groups is 5. The number of hydrogen-bond acceptors (Lipinski definition) is 7. The van der Waals surface area contributed by atoms with E-state index in [0.29, 0.717) is 12.2 Å². The molecule has 84 valence electrons. The van der Waals surface area contributed by atoms with E-state index in [0.717, 1.165) is 0 Å². The molecule has 7 heteroatoms. The molecule has 0 fully saturated rings. The van der Waals surface area contributed by atoms with E-state index in [1.165, 1.54) is 0 Å². The number of ketones is 2. The van der Waals surface area contributed by atoms with Crippen LogP contribution in [0.2, 0.25) is 0 Å². The van der Waals surface area contributed by atoms with Gasteiger partial charge in [0.2, 0.25) is 0 Å². The Kier molecular flexibility index (Phi) is 5.05. The van der Waals surface area contributed by atoms with Crippen molar-refractivity contribution in [2.45, 2.75) is 0 Å². The van der Waals surface area contributed by atoms with Gasteiger partial charge in [-0.15, -0.1) is 0 Å². The highest BCUT2D eigenvalue weighted by Crippen LogP contribution is 1.91. The van der Waals surface area contributed by atoms with Crippen LogP contribution in [0.3, 0.4) is 0 Å². The summed E-state index contributed by atoms with van der Waals surface area (Å²) < 4.78 is 7.48. The van der Waals surface area contributed by atoms with E-state index in [1.54, 1.807) is 0 Å². The third kappa shape index (κ3) is 4.09. The van der Waals surface area contributed by atoms with Crippen molar-refractivity contribution in [1.29, 1.82) is 0 Å². The Morgan fingerprint density at radius 1 is 0.750 bits per heavy atom. The van der Waals surface area contributed by atoms with Gasteiger partial charge >= 0.3 is 18.1 Å². The van der Waals surface area contributed by atoms with Crippen molar-refractivity contribution in [3.8, 4) is 0 Å². The summed E-state index contributed by atoms with van der Waals surface area (Å²) in [7, 11) is 0. The summed E-state index contributed by atoms with van der Waals surface area (Å²) in [5.41, 5.74) is 0. The predicted molar refractivity (Wildman–Crippen MR) is 48.0 cm³/mol. The molecular formula is C9H6O7. The lowest BCUT2D eigenvalue weighted by atomic mass is 10.4. The minimum absolute atomic E-state index is 0.604. The van der Waals surface area contributed by atoms with E-state index in [-0.39, 0.29) is 0 Å². The Hall–Kier alpha value is -2.57. The summed E-state index contributed by atoms with van der Waals surface area (Å²) in [6, 6.07) is 0. The molecule has 0 aromatic carbocycles. The van der Waals surface area contributed by atoms with E-state index < -0.39 is 29.7 Å². The summed E-state index contributed by atoms with van der Waals surface area (Å²) in [5, 5.41) is 0. The van der Waals surface area contributed by atoms with Crippen molar-refractivity contribution in [3.05, 3.63) is 25.3 Å². The molecular weight excluding hydrogens is 220 g/mol. The number of rotatable bonds is 4. The molecule has 0 spiro atoms. The Morgan fingerprint density at radius 2 is 1.06 bits per heavy atom. The molecule has 0 amide bonds. The molecule has 0 radical (unpaired) electrons. The molecule has 0 unspecified atom stereocenters. The molecule has 0 aromatic rings. The Balaban J connectivity index is 4.30. The Bertz CT molecular complexity index is 355. The fraction of sp³-hybridized carbons (Fsp3) is 0. The Labute approximate surface area is 89.3 Å². The van der Waals surface area contributed by atoms with Crippen molar-refractivity contribution in [2.75, 3.05) is 0 Å². The summed E-state index contributed by atoms with van der Waals surface area (Å²) >= 11 is 0. The maximum atomic E-state index is 10.6. The highest BCUT2D eigenvalue weighted by molar-refractivity contribution is 6.41. The molecule has 0 aliphatic rings. The SMILES string of the molecule is C=CC(=O)C(=O)OC(=O)OC(=O)C(=O)C=C. The first-order valence-corrected chi connectivity index (χ1v) is 3.73. The van der Waals surface area contributed by atoms with Crippen molar-refractivity contribution in [2.24, 2.45) is 0 Å². The van der Waals surface area contributed by atoms with Gasteiger partial charge in [-0.3, -0.25) is 9.59 Å². The zero-order valence-electron chi connectivity index (χ0n) is 7.93. The molecule has 0 heterocycles. The molecule has 0 atom stereocenters. The van der Waals surface area contributed by atoms with Crippen LogP contribution in [-0.4, -0.2) is 29.7 Å². The van der Waals surface area contributed by atoms with Crippen molar-refractivity contribution < 1.29 is 33.4 Å². The lowest BCUT2D eigenvalue weighted by molar-refractivity contribution is -0.154. The minimum Gasteiger partial charge on any atom is -0.354 e. The molecule has 0 aromatic heterocycles. The van der Waals surface area contributed by atoms with Gasteiger partial charge in [0.25, 0.3) is 11.6 Å². The zero-order chi connectivity index (χ0) is 12.7. The maximum Gasteiger partial charge on any atom is 0.524 e. The van der Waals surface area contributed by atoms with Crippen molar-refractivity contribution >= 4 is 29.7 Å². The third-order valence-electron chi connectivity index (χ3n) is 1.13. The van der Waals surface area contributed by atoms with Gasteiger partial charge in [-0.25, -0.2) is 14.4 Å². The number of carbonyl (C=O) groups excluding carboxylic acids is 5. The van der Waals surface area contributed by atoms with Gasteiger partial charge in [0.15, 0.2) is 0 Å². The zero-order valence-corrected chi connectivity index (χ0v) is 7.93. The minimum atomic E-state index is -1.78. The van der Waals surface area contributed by atoms with Crippen LogP contribution in [0.25, 0.3) is 0 Å². The summed E-state index contributed by atoms with van der Waals surface area (Å²) in [6.45, 7) is 5.91. The standard InChI is InChI=1S/C9H6O7/c1-3-5(10)7(12)15-9(14)16-8(13)6(11)4-2/h3-4H,1-2H2. The van der Waals surface area contributed by atoms with Crippen LogP contribution < -0.4 is 0 Å². The maximum absolute atomic E-state index is 10.6. The monoisotopic (exact) mass is 226 g/mol. The van der Waals surface area contributed by atoms with Crippen LogP contribution in [0.4, 0.5) is 4.79 Å². The highest BCUT2D eigenvalue weighted by atomic mass is 16.8. The van der Waals surface area contributed by atoms with Gasteiger partial charge in [0.05, 0.1) is 0 Å². The van der Waals surface area contributed by atoms with Crippen LogP contribution in [0.5, 0.6) is 0 Å². The lowest BCUT2D eigenvalue weighted by Crippen LogP contribution is -2.25. The van der Waals surface area contributed by atoms with Crippen LogP contribution in [0.15, 0.2) is 25.3 Å². The lowest BCUT2D eigenvalue weighted by Gasteiger charge is -1.99. The second-order valence-corrected chi connectivity index (χ2v) is 2.17. The second-order valence-electron chi connectivity index (χ2n) is 2.17. The van der Waals surface area contributed by atoms with Crippen LogP contribution in [-0.2, 0) is 28.7 Å². The van der Waals surface area contributed by atoms with Crippen LogP contribution >= 0.6 is 0 Å². The molecule has 0 N–H and O–H groups in total. The first kappa shape index (κ1) is 13.4. The summed E-state index contributed by atoms with van der Waals surface area (Å²) in [6.07, 6.45) is -0.570. The molecule has 0 bridgehead atoms. The van der Waals surface area contributed by atoms with Gasteiger partial charge < -0.3 is 9.47 Å². The fourth-order valence-electron chi connectivity index (χ4n) is 0.439. The first-order valence-electron chi connectivity index (χ1n) is 3.73. The number of hydrogen-bond donors (Lipinski definition) is 0. The van der Waals surface area contributed by atoms with Gasteiger partial charge in [0.1, 0.15) is 0 Å². The third-order valence-corrected chi connectivity index (χ3v) is 1.13. The van der Waals surface area contributed by atoms with E-state index in [4.69, 9.17) is 0 Å². The summed E-state index contributed by atoms with van der Waals surface area (Å²) in [5.74, 6) is -5.53. The normalized spacial score (nSPS) is 8.50. The average Bonchev–Trinajstić information content (AvgIpc) is 2.26. The largest absolute Gasteiger partial charge is 0.524 e. The van der Waals surface area contributed by atoms with Crippen molar-refractivity contribution in [1.82, 2.24) is 0 Å². The van der Waals surface area contributed by atoms with Gasteiger partial charge in [-0.05, 0) is 12.2 Å². The van der Waals surface area contributed by atoms with Crippen molar-refractivity contribution in [3.63, 3.8) is 0 Å². The number of esters is 2. The number of ether oxygens (including phenoxy) is 2. The second kappa shape index (κ2) is 6.02. The summed E-state index contributed by atoms with van der Waals surface area (Å²) in [4.78, 5) is 53.0.